The Hall–Kier alpha value is -3.71. The molecule has 45 heavy (non-hydrogen) atoms. The second kappa shape index (κ2) is 16.0. The molecular weight excluding hydrogens is 579 g/mol. The van der Waals surface area contributed by atoms with Crippen LogP contribution in [0.4, 0.5) is 5.82 Å². The van der Waals surface area contributed by atoms with Crippen LogP contribution in [0.2, 0.25) is 0 Å². The van der Waals surface area contributed by atoms with Crippen LogP contribution in [0.5, 0.6) is 11.5 Å². The van der Waals surface area contributed by atoms with E-state index in [1.807, 2.05) is 51.1 Å². The summed E-state index contributed by atoms with van der Waals surface area (Å²) in [7, 11) is 2.93. The van der Waals surface area contributed by atoms with Crippen molar-refractivity contribution in [2.24, 2.45) is 5.92 Å². The Morgan fingerprint density at radius 3 is 2.73 bits per heavy atom. The number of cyclic esters (lactones) is 1. The highest BCUT2D eigenvalue weighted by Crippen LogP contribution is 2.35. The van der Waals surface area contributed by atoms with Crippen molar-refractivity contribution in [3.63, 3.8) is 0 Å². The Morgan fingerprint density at radius 1 is 1.18 bits per heavy atom. The monoisotopic (exact) mass is 621 g/mol. The first-order chi connectivity index (χ1) is 21.6. The van der Waals surface area contributed by atoms with Crippen molar-refractivity contribution in [1.29, 1.82) is 0 Å². The van der Waals surface area contributed by atoms with Crippen molar-refractivity contribution >= 4 is 31.5 Å². The minimum atomic E-state index is -0.905. The molecule has 1 fully saturated rings. The van der Waals surface area contributed by atoms with E-state index in [0.29, 0.717) is 43.1 Å². The lowest BCUT2D eigenvalue weighted by Crippen LogP contribution is -2.34. The van der Waals surface area contributed by atoms with Crippen molar-refractivity contribution in [1.82, 2.24) is 4.98 Å². The van der Waals surface area contributed by atoms with Gasteiger partial charge in [-0.2, -0.15) is 0 Å². The molecule has 241 valence electrons. The zero-order valence-electron chi connectivity index (χ0n) is 26.5. The predicted molar refractivity (Wildman–Crippen MR) is 170 cm³/mol. The molecule has 5 atom stereocenters. The summed E-state index contributed by atoms with van der Waals surface area (Å²) in [5, 5.41) is 10.9. The summed E-state index contributed by atoms with van der Waals surface area (Å²) in [5.41, 5.74) is 0.758. The zero-order chi connectivity index (χ0) is 32.4. The minimum Gasteiger partial charge on any atom is -0.493 e. The molecule has 0 bridgehead atoms. The third-order valence-corrected chi connectivity index (χ3v) is 7.51. The van der Waals surface area contributed by atoms with Gasteiger partial charge in [0.1, 0.15) is 47.4 Å². The van der Waals surface area contributed by atoms with Crippen LogP contribution in [-0.4, -0.2) is 86.9 Å². The number of ether oxygens (including phenoxy) is 6. The number of aliphatic hydroxyl groups is 1. The van der Waals surface area contributed by atoms with Crippen molar-refractivity contribution in [3.05, 3.63) is 65.9 Å². The summed E-state index contributed by atoms with van der Waals surface area (Å²) in [4.78, 5) is 30.9. The molecule has 0 saturated carbocycles. The number of carbonyl (C=O) groups excluding carboxylic acids is 2. The Balaban J connectivity index is 1.61. The number of rotatable bonds is 11. The van der Waals surface area contributed by atoms with Gasteiger partial charge in [0.15, 0.2) is 12.6 Å². The second-order valence-corrected chi connectivity index (χ2v) is 11.4. The van der Waals surface area contributed by atoms with E-state index in [9.17, 15) is 14.7 Å². The molecule has 3 unspecified atom stereocenters. The van der Waals surface area contributed by atoms with Crippen LogP contribution in [0.25, 0.3) is 6.08 Å². The SMILES string of the molecule is COCOc1cc(OCCCN([B]C=O)c2ccccn2)cc2c1C(=O)O[C@@H](C)[C@H](C)/C=C\C(O)C1OC(C)(C)OC1C/C=C/2. The van der Waals surface area contributed by atoms with Crippen LogP contribution in [0.15, 0.2) is 54.8 Å². The van der Waals surface area contributed by atoms with Gasteiger partial charge in [-0.05, 0) is 57.4 Å². The second-order valence-electron chi connectivity index (χ2n) is 11.4. The predicted octanol–water partition coefficient (Wildman–Crippen LogP) is 4.18. The third kappa shape index (κ3) is 9.40. The summed E-state index contributed by atoms with van der Waals surface area (Å²) in [6, 6.07) is 8.88. The minimum absolute atomic E-state index is 0.0932. The molecule has 2 aliphatic heterocycles. The van der Waals surface area contributed by atoms with E-state index in [4.69, 9.17) is 28.4 Å². The van der Waals surface area contributed by atoms with E-state index >= 15 is 0 Å². The summed E-state index contributed by atoms with van der Waals surface area (Å²) < 4.78 is 35.1. The maximum Gasteiger partial charge on any atom is 0.342 e. The number of carbonyl (C=O) groups is 2. The van der Waals surface area contributed by atoms with E-state index in [1.54, 1.807) is 42.2 Å². The zero-order valence-corrected chi connectivity index (χ0v) is 26.5. The topological polar surface area (TPSA) is 126 Å². The van der Waals surface area contributed by atoms with Gasteiger partial charge in [-0.1, -0.05) is 37.3 Å². The van der Waals surface area contributed by atoms with Crippen LogP contribution in [0.1, 0.15) is 56.5 Å². The van der Waals surface area contributed by atoms with Crippen LogP contribution < -0.4 is 14.3 Å². The van der Waals surface area contributed by atoms with E-state index in [-0.39, 0.29) is 24.0 Å². The molecule has 1 N–H and O–H groups in total. The fourth-order valence-corrected chi connectivity index (χ4v) is 5.12. The van der Waals surface area contributed by atoms with E-state index in [2.05, 4.69) is 4.98 Å². The molecule has 11 nitrogen and oxygen atoms in total. The van der Waals surface area contributed by atoms with Crippen LogP contribution in [0, 0.1) is 5.92 Å². The van der Waals surface area contributed by atoms with Crippen LogP contribution in [0.3, 0.4) is 0 Å². The van der Waals surface area contributed by atoms with Gasteiger partial charge in [0.2, 0.25) is 0 Å². The lowest BCUT2D eigenvalue weighted by molar-refractivity contribution is -0.152. The summed E-state index contributed by atoms with van der Waals surface area (Å²) >= 11 is 0. The van der Waals surface area contributed by atoms with Crippen molar-refractivity contribution < 1.29 is 43.1 Å². The highest BCUT2D eigenvalue weighted by atomic mass is 16.8. The first-order valence-corrected chi connectivity index (χ1v) is 15.1. The highest BCUT2D eigenvalue weighted by molar-refractivity contribution is 6.70. The number of fused-ring (bicyclic) bond motifs is 2. The van der Waals surface area contributed by atoms with Gasteiger partial charge in [0, 0.05) is 31.8 Å². The average Bonchev–Trinajstić information content (AvgIpc) is 3.33. The quantitative estimate of drug-likeness (QED) is 0.0970. The molecular formula is C33H42BN2O9. The largest absolute Gasteiger partial charge is 0.493 e. The van der Waals surface area contributed by atoms with Crippen molar-refractivity contribution in [3.8, 4) is 11.5 Å². The van der Waals surface area contributed by atoms with Gasteiger partial charge < -0.3 is 43.1 Å². The first kappa shape index (κ1) is 34.2. The van der Waals surface area contributed by atoms with Gasteiger partial charge in [0.25, 0.3) is 0 Å². The number of methoxy groups -OCH3 is 1. The lowest BCUT2D eigenvalue weighted by Gasteiger charge is -2.23. The summed E-state index contributed by atoms with van der Waals surface area (Å²) in [6.45, 7) is 8.05. The molecule has 1 aromatic carbocycles. The fraction of sp³-hybridized carbons (Fsp3) is 0.485. The highest BCUT2D eigenvalue weighted by Gasteiger charge is 2.43. The molecule has 2 aliphatic rings. The number of aliphatic hydroxyl groups excluding tert-OH is 1. The molecule has 12 heteroatoms. The molecule has 2 aromatic rings. The van der Waals surface area contributed by atoms with Gasteiger partial charge in [-0.3, -0.25) is 0 Å². The Kier molecular flexibility index (Phi) is 12.2. The maximum absolute atomic E-state index is 13.6. The van der Waals surface area contributed by atoms with Gasteiger partial charge in [0.05, 0.1) is 12.7 Å². The molecule has 0 spiro atoms. The molecule has 1 saturated heterocycles. The number of nitrogens with zero attached hydrogens (tertiary/aromatic N) is 2. The Bertz CT molecular complexity index is 1340. The molecule has 4 rings (SSSR count). The van der Waals surface area contributed by atoms with Gasteiger partial charge >= 0.3 is 13.4 Å². The Labute approximate surface area is 265 Å². The van der Waals surface area contributed by atoms with E-state index in [1.165, 1.54) is 14.5 Å². The first-order valence-electron chi connectivity index (χ1n) is 15.1. The van der Waals surface area contributed by atoms with Crippen LogP contribution in [-0.2, 0) is 23.7 Å². The number of hydrogen-bond donors (Lipinski definition) is 1. The fourth-order valence-electron chi connectivity index (χ4n) is 5.12. The number of pyridine rings is 1. The van der Waals surface area contributed by atoms with E-state index < -0.39 is 36.2 Å². The van der Waals surface area contributed by atoms with Gasteiger partial charge in [-0.15, -0.1) is 0 Å². The maximum atomic E-state index is 13.6. The number of esters is 1. The summed E-state index contributed by atoms with van der Waals surface area (Å²) in [6.07, 6.45) is 8.11. The standard InChI is InChI=1S/C33H42BN2O9/c1-22-13-14-26(38)31-27(44-33(3,4)45-31)11-8-10-24-18-25(19-28(42-21-40-5)30(24)32(39)43-23(22)2)41-17-9-16-36(34-20-37)29-12-6-7-15-35-29/h6-8,10,12-15,18-20,22-23,26-27,31,38H,9,11,16-17,21H2,1-5H3/b10-8+,14-13-/t22-,23+,26?,27?,31?/m1/s1. The molecule has 0 aliphatic carbocycles. The number of benzene rings is 1. The van der Waals surface area contributed by atoms with E-state index in [0.717, 1.165) is 6.19 Å². The lowest BCUT2D eigenvalue weighted by atomic mass is 9.94. The van der Waals surface area contributed by atoms with Crippen molar-refractivity contribution in [2.75, 3.05) is 31.9 Å². The number of anilines is 1. The van der Waals surface area contributed by atoms with Gasteiger partial charge in [-0.25, -0.2) is 9.78 Å². The molecule has 0 amide bonds. The normalized spacial score (nSPS) is 25.9. The number of aromatic nitrogens is 1. The molecule has 1 radical (unpaired) electrons. The number of hydrogen-bond acceptors (Lipinski definition) is 11. The summed E-state index contributed by atoms with van der Waals surface area (Å²) in [5.74, 6) is -0.245. The smallest absolute Gasteiger partial charge is 0.342 e. The van der Waals surface area contributed by atoms with Crippen LogP contribution >= 0.6 is 0 Å². The Morgan fingerprint density at radius 2 is 2.00 bits per heavy atom. The molecule has 1 aromatic heterocycles. The molecule has 3 heterocycles. The average molecular weight is 622 g/mol. The third-order valence-electron chi connectivity index (χ3n) is 7.51. The van der Waals surface area contributed by atoms with Crippen molar-refractivity contribution in [2.45, 2.75) is 70.7 Å².